The topological polar surface area (TPSA) is 64.3 Å². The molecule has 2 unspecified atom stereocenters. The molecule has 0 saturated heterocycles. The largest absolute Gasteiger partial charge is 0.381 e. The van der Waals surface area contributed by atoms with Crippen LogP contribution in [0.2, 0.25) is 0 Å². The van der Waals surface area contributed by atoms with Crippen molar-refractivity contribution in [2.75, 3.05) is 19.8 Å². The van der Waals surface area contributed by atoms with E-state index < -0.39 is 5.54 Å². The first-order chi connectivity index (χ1) is 8.58. The molecule has 3 N–H and O–H groups in total. The highest BCUT2D eigenvalue weighted by atomic mass is 16.5. The van der Waals surface area contributed by atoms with Crippen molar-refractivity contribution in [3.8, 4) is 0 Å². The maximum atomic E-state index is 12.1. The molecule has 4 heteroatoms. The van der Waals surface area contributed by atoms with Gasteiger partial charge in [-0.1, -0.05) is 26.7 Å². The Hall–Kier alpha value is -0.610. The lowest BCUT2D eigenvalue weighted by Gasteiger charge is -2.35. The molecule has 1 amide bonds. The zero-order chi connectivity index (χ0) is 13.4. The number of hydrogen-bond acceptors (Lipinski definition) is 3. The number of carbonyl (C=O) groups excluding carboxylic acids is 1. The average molecular weight is 256 g/mol. The summed E-state index contributed by atoms with van der Waals surface area (Å²) in [5.41, 5.74) is 5.58. The third kappa shape index (κ3) is 4.94. The number of hydrogen-bond donors (Lipinski definition) is 2. The van der Waals surface area contributed by atoms with Gasteiger partial charge in [-0.15, -0.1) is 0 Å². The number of nitrogens with two attached hydrogens (primary N) is 1. The lowest BCUT2D eigenvalue weighted by atomic mass is 9.76. The van der Waals surface area contributed by atoms with Crippen LogP contribution in [0.4, 0.5) is 0 Å². The number of ether oxygens (including phenoxy) is 1. The molecule has 18 heavy (non-hydrogen) atoms. The molecule has 0 spiro atoms. The number of amides is 1. The Bertz CT molecular complexity index is 258. The van der Waals surface area contributed by atoms with Crippen molar-refractivity contribution in [1.82, 2.24) is 5.32 Å². The predicted octanol–water partition coefficient (Wildman–Crippen LogP) is 1.83. The van der Waals surface area contributed by atoms with Gasteiger partial charge in [0, 0.05) is 19.8 Å². The molecule has 1 rings (SSSR count). The van der Waals surface area contributed by atoms with E-state index in [4.69, 9.17) is 10.5 Å². The second-order valence-electron chi connectivity index (χ2n) is 5.58. The molecule has 0 heterocycles. The molecule has 0 radical (unpaired) electrons. The van der Waals surface area contributed by atoms with Gasteiger partial charge in [0.25, 0.3) is 0 Å². The van der Waals surface area contributed by atoms with Crippen molar-refractivity contribution in [3.05, 3.63) is 0 Å². The van der Waals surface area contributed by atoms with Gasteiger partial charge >= 0.3 is 0 Å². The standard InChI is InChI=1S/C14H28N2O2/c1-3-9-18-10-5-8-16-13(17)14(15)7-4-6-12(2)11-14/h12H,3-11,15H2,1-2H3,(H,16,17). The van der Waals surface area contributed by atoms with Gasteiger partial charge in [0.2, 0.25) is 5.91 Å². The number of carbonyl (C=O) groups is 1. The highest BCUT2D eigenvalue weighted by molar-refractivity contribution is 5.86. The molecule has 1 fully saturated rings. The van der Waals surface area contributed by atoms with E-state index >= 15 is 0 Å². The van der Waals surface area contributed by atoms with Gasteiger partial charge in [-0.05, 0) is 31.6 Å². The summed E-state index contributed by atoms with van der Waals surface area (Å²) in [4.78, 5) is 12.1. The van der Waals surface area contributed by atoms with Gasteiger partial charge in [-0.2, -0.15) is 0 Å². The normalized spacial score (nSPS) is 28.1. The highest BCUT2D eigenvalue weighted by Gasteiger charge is 2.37. The second kappa shape index (κ2) is 7.74. The third-order valence-corrected chi connectivity index (χ3v) is 3.58. The summed E-state index contributed by atoms with van der Waals surface area (Å²) in [6.45, 7) is 6.43. The second-order valence-corrected chi connectivity index (χ2v) is 5.58. The zero-order valence-electron chi connectivity index (χ0n) is 11.8. The zero-order valence-corrected chi connectivity index (χ0v) is 11.8. The summed E-state index contributed by atoms with van der Waals surface area (Å²) in [5.74, 6) is 0.576. The van der Waals surface area contributed by atoms with Crippen LogP contribution in [0.3, 0.4) is 0 Å². The minimum absolute atomic E-state index is 0.0181. The summed E-state index contributed by atoms with van der Waals surface area (Å²) < 4.78 is 5.37. The molecule has 0 aromatic rings. The van der Waals surface area contributed by atoms with Crippen molar-refractivity contribution < 1.29 is 9.53 Å². The minimum atomic E-state index is -0.637. The van der Waals surface area contributed by atoms with Gasteiger partial charge in [0.05, 0.1) is 5.54 Å². The third-order valence-electron chi connectivity index (χ3n) is 3.58. The Kier molecular flexibility index (Phi) is 6.65. The van der Waals surface area contributed by atoms with E-state index in [1.807, 2.05) is 0 Å². The maximum absolute atomic E-state index is 12.1. The smallest absolute Gasteiger partial charge is 0.240 e. The van der Waals surface area contributed by atoms with Crippen molar-refractivity contribution >= 4 is 5.91 Å². The van der Waals surface area contributed by atoms with Crippen LogP contribution >= 0.6 is 0 Å². The van der Waals surface area contributed by atoms with Crippen LogP contribution < -0.4 is 11.1 Å². The van der Waals surface area contributed by atoms with Gasteiger partial charge in [0.15, 0.2) is 0 Å². The van der Waals surface area contributed by atoms with E-state index in [-0.39, 0.29) is 5.91 Å². The molecule has 106 valence electrons. The average Bonchev–Trinajstić information content (AvgIpc) is 2.33. The minimum Gasteiger partial charge on any atom is -0.381 e. The van der Waals surface area contributed by atoms with Gasteiger partial charge < -0.3 is 15.8 Å². The summed E-state index contributed by atoms with van der Waals surface area (Å²) in [6, 6.07) is 0. The van der Waals surface area contributed by atoms with Crippen molar-refractivity contribution in [2.45, 2.75) is 57.9 Å². The molecule has 4 nitrogen and oxygen atoms in total. The van der Waals surface area contributed by atoms with Crippen LogP contribution in [-0.2, 0) is 9.53 Å². The van der Waals surface area contributed by atoms with Crippen LogP contribution in [0.15, 0.2) is 0 Å². The number of rotatable bonds is 7. The van der Waals surface area contributed by atoms with Crippen LogP contribution in [0.5, 0.6) is 0 Å². The molecule has 0 aromatic carbocycles. The van der Waals surface area contributed by atoms with Crippen molar-refractivity contribution in [1.29, 1.82) is 0 Å². The quantitative estimate of drug-likeness (QED) is 0.683. The monoisotopic (exact) mass is 256 g/mol. The molecular weight excluding hydrogens is 228 g/mol. The highest BCUT2D eigenvalue weighted by Crippen LogP contribution is 2.30. The van der Waals surface area contributed by atoms with E-state index in [1.54, 1.807) is 0 Å². The first kappa shape index (κ1) is 15.4. The molecule has 0 aromatic heterocycles. The summed E-state index contributed by atoms with van der Waals surface area (Å²) >= 11 is 0. The van der Waals surface area contributed by atoms with Crippen molar-refractivity contribution in [2.24, 2.45) is 11.7 Å². The molecular formula is C14H28N2O2. The Morgan fingerprint density at radius 3 is 2.94 bits per heavy atom. The molecule has 1 aliphatic carbocycles. The van der Waals surface area contributed by atoms with Crippen LogP contribution in [-0.4, -0.2) is 31.2 Å². The van der Waals surface area contributed by atoms with E-state index in [0.29, 0.717) is 19.1 Å². The Balaban J connectivity index is 2.19. The Morgan fingerprint density at radius 1 is 1.50 bits per heavy atom. The summed E-state index contributed by atoms with van der Waals surface area (Å²) in [5, 5.41) is 2.95. The van der Waals surface area contributed by atoms with Gasteiger partial charge in [-0.3, -0.25) is 4.79 Å². The van der Waals surface area contributed by atoms with E-state index in [1.165, 1.54) is 6.42 Å². The lowest BCUT2D eigenvalue weighted by molar-refractivity contribution is -0.128. The fraction of sp³-hybridized carbons (Fsp3) is 0.929. The summed E-state index contributed by atoms with van der Waals surface area (Å²) in [7, 11) is 0. The van der Waals surface area contributed by atoms with Gasteiger partial charge in [0.1, 0.15) is 0 Å². The summed E-state index contributed by atoms with van der Waals surface area (Å²) in [6.07, 6.45) is 5.77. The number of nitrogens with one attached hydrogen (secondary N) is 1. The van der Waals surface area contributed by atoms with E-state index in [2.05, 4.69) is 19.2 Å². The van der Waals surface area contributed by atoms with E-state index in [9.17, 15) is 4.79 Å². The van der Waals surface area contributed by atoms with Crippen LogP contribution in [0, 0.1) is 5.92 Å². The SMILES string of the molecule is CCCOCCCNC(=O)C1(N)CCCC(C)C1. The fourth-order valence-electron chi connectivity index (χ4n) is 2.60. The maximum Gasteiger partial charge on any atom is 0.240 e. The van der Waals surface area contributed by atoms with Crippen LogP contribution in [0.1, 0.15) is 52.4 Å². The lowest BCUT2D eigenvalue weighted by Crippen LogP contribution is -2.56. The first-order valence-corrected chi connectivity index (χ1v) is 7.23. The molecule has 1 saturated carbocycles. The molecule has 1 aliphatic rings. The van der Waals surface area contributed by atoms with Gasteiger partial charge in [-0.25, -0.2) is 0 Å². The molecule has 2 atom stereocenters. The van der Waals surface area contributed by atoms with E-state index in [0.717, 1.165) is 38.7 Å². The van der Waals surface area contributed by atoms with Crippen molar-refractivity contribution in [3.63, 3.8) is 0 Å². The fourth-order valence-corrected chi connectivity index (χ4v) is 2.60. The first-order valence-electron chi connectivity index (χ1n) is 7.23. The van der Waals surface area contributed by atoms with Crippen LogP contribution in [0.25, 0.3) is 0 Å². The predicted molar refractivity (Wildman–Crippen MR) is 73.3 cm³/mol. The molecule has 0 aliphatic heterocycles. The Morgan fingerprint density at radius 2 is 2.28 bits per heavy atom. The Labute approximate surface area is 111 Å². The molecule has 0 bridgehead atoms.